The number of nitrogens with zero attached hydrogens (tertiary/aromatic N) is 4. The van der Waals surface area contributed by atoms with Crippen LogP contribution in [-0.4, -0.2) is 39.9 Å². The molecule has 138 valence electrons. The molecule has 0 radical (unpaired) electrons. The van der Waals surface area contributed by atoms with Crippen molar-refractivity contribution in [3.8, 4) is 0 Å². The molecular weight excluding hydrogens is 332 g/mol. The summed E-state index contributed by atoms with van der Waals surface area (Å²) in [7, 11) is 2.00. The molecule has 2 aromatic rings. The summed E-state index contributed by atoms with van der Waals surface area (Å²) < 4.78 is 1.95. The molecule has 0 aliphatic carbocycles. The van der Waals surface area contributed by atoms with Gasteiger partial charge in [-0.25, -0.2) is 4.98 Å². The van der Waals surface area contributed by atoms with Gasteiger partial charge in [0.2, 0.25) is 0 Å². The molecule has 7 heteroatoms. The quantitative estimate of drug-likeness (QED) is 0.587. The van der Waals surface area contributed by atoms with Crippen molar-refractivity contribution in [1.82, 2.24) is 25.4 Å². The Morgan fingerprint density at radius 3 is 2.68 bits per heavy atom. The number of rotatable bonds is 7. The number of aliphatic imine (C=N–C) groups is 1. The van der Waals surface area contributed by atoms with E-state index < -0.39 is 0 Å². The van der Waals surface area contributed by atoms with Crippen LogP contribution in [0.5, 0.6) is 0 Å². The Morgan fingerprint density at radius 1 is 1.36 bits per heavy atom. The highest BCUT2D eigenvalue weighted by Gasteiger charge is 2.14. The van der Waals surface area contributed by atoms with Crippen LogP contribution in [0.15, 0.2) is 11.2 Å². The first-order chi connectivity index (χ1) is 11.9. The zero-order chi connectivity index (χ0) is 18.4. The zero-order valence-electron chi connectivity index (χ0n) is 16.2. The monoisotopic (exact) mass is 362 g/mol. The number of hydrogen-bond acceptors (Lipinski definition) is 4. The third-order valence-corrected chi connectivity index (χ3v) is 5.13. The van der Waals surface area contributed by atoms with Crippen LogP contribution in [0.2, 0.25) is 0 Å². The molecule has 25 heavy (non-hydrogen) atoms. The van der Waals surface area contributed by atoms with Gasteiger partial charge in [-0.15, -0.1) is 11.3 Å². The molecule has 0 bridgehead atoms. The van der Waals surface area contributed by atoms with E-state index in [-0.39, 0.29) is 6.04 Å². The Labute approximate surface area is 154 Å². The Morgan fingerprint density at radius 2 is 2.12 bits per heavy atom. The van der Waals surface area contributed by atoms with Gasteiger partial charge in [0.25, 0.3) is 0 Å². The summed E-state index contributed by atoms with van der Waals surface area (Å²) in [6, 6.07) is 0.279. The van der Waals surface area contributed by atoms with Crippen LogP contribution < -0.4 is 10.6 Å². The second-order valence-corrected chi connectivity index (χ2v) is 7.72. The van der Waals surface area contributed by atoms with Crippen molar-refractivity contribution in [2.24, 2.45) is 12.0 Å². The number of hydrogen-bond donors (Lipinski definition) is 2. The molecule has 0 fully saturated rings. The van der Waals surface area contributed by atoms with Crippen LogP contribution in [0, 0.1) is 20.8 Å². The summed E-state index contributed by atoms with van der Waals surface area (Å²) >= 11 is 1.74. The topological polar surface area (TPSA) is 67.1 Å². The number of nitrogens with one attached hydrogen (secondary N) is 2. The van der Waals surface area contributed by atoms with Crippen molar-refractivity contribution in [3.05, 3.63) is 33.0 Å². The molecule has 0 amide bonds. The fraction of sp³-hybridized carbons (Fsp3) is 0.611. The largest absolute Gasteiger partial charge is 0.357 e. The van der Waals surface area contributed by atoms with Crippen LogP contribution in [0.1, 0.15) is 40.7 Å². The third-order valence-electron chi connectivity index (χ3n) is 4.16. The van der Waals surface area contributed by atoms with Gasteiger partial charge in [-0.2, -0.15) is 5.10 Å². The van der Waals surface area contributed by atoms with E-state index in [1.165, 1.54) is 16.1 Å². The molecule has 0 aliphatic heterocycles. The maximum atomic E-state index is 4.69. The predicted octanol–water partition coefficient (Wildman–Crippen LogP) is 2.53. The first-order valence-corrected chi connectivity index (χ1v) is 9.67. The molecule has 2 aromatic heterocycles. The average molecular weight is 363 g/mol. The van der Waals surface area contributed by atoms with Crippen LogP contribution in [0.4, 0.5) is 0 Å². The molecule has 6 nitrogen and oxygen atoms in total. The molecule has 2 N–H and O–H groups in total. The van der Waals surface area contributed by atoms with E-state index in [9.17, 15) is 0 Å². The van der Waals surface area contributed by atoms with Gasteiger partial charge >= 0.3 is 0 Å². The lowest BCUT2D eigenvalue weighted by molar-refractivity contribution is 0.635. The molecule has 2 rings (SSSR count). The van der Waals surface area contributed by atoms with Crippen molar-refractivity contribution in [3.63, 3.8) is 0 Å². The van der Waals surface area contributed by atoms with E-state index in [4.69, 9.17) is 0 Å². The van der Waals surface area contributed by atoms with Gasteiger partial charge in [-0.3, -0.25) is 9.67 Å². The molecule has 0 spiro atoms. The smallest absolute Gasteiger partial charge is 0.191 e. The number of guanidine groups is 1. The first-order valence-electron chi connectivity index (χ1n) is 8.86. The van der Waals surface area contributed by atoms with Gasteiger partial charge in [-0.05, 0) is 46.6 Å². The zero-order valence-corrected chi connectivity index (χ0v) is 17.0. The number of thiazole rings is 1. The van der Waals surface area contributed by atoms with E-state index in [1.54, 1.807) is 11.3 Å². The van der Waals surface area contributed by atoms with E-state index in [0.717, 1.165) is 42.6 Å². The molecule has 0 aliphatic rings. The van der Waals surface area contributed by atoms with Gasteiger partial charge < -0.3 is 10.6 Å². The average Bonchev–Trinajstić information content (AvgIpc) is 3.06. The highest BCUT2D eigenvalue weighted by atomic mass is 32.1. The lowest BCUT2D eigenvalue weighted by atomic mass is 10.1. The molecule has 1 atom stereocenters. The Balaban J connectivity index is 1.93. The lowest BCUT2D eigenvalue weighted by Crippen LogP contribution is -2.43. The SMILES string of the molecule is CCNC(=NCCc1ncc(C)s1)NC(C)Cc1c(C)nn(C)c1C. The minimum Gasteiger partial charge on any atom is -0.357 e. The number of aromatic nitrogens is 3. The highest BCUT2D eigenvalue weighted by molar-refractivity contribution is 7.11. The Bertz CT molecular complexity index is 715. The van der Waals surface area contributed by atoms with Crippen LogP contribution in [0.3, 0.4) is 0 Å². The predicted molar refractivity (Wildman–Crippen MR) is 106 cm³/mol. The second-order valence-electron chi connectivity index (χ2n) is 6.40. The van der Waals surface area contributed by atoms with Crippen molar-refractivity contribution >= 4 is 17.3 Å². The standard InChI is InChI=1S/C18H30N6S/c1-7-19-18(20-9-8-17-21-11-13(3)25-17)22-12(2)10-16-14(4)23-24(6)15(16)5/h11-12H,7-10H2,1-6H3,(H2,19,20,22). The summed E-state index contributed by atoms with van der Waals surface area (Å²) in [5, 5.41) is 12.5. The van der Waals surface area contributed by atoms with Gasteiger partial charge in [0.05, 0.1) is 10.7 Å². The summed E-state index contributed by atoms with van der Waals surface area (Å²) in [6.07, 6.45) is 3.74. The first kappa shape index (κ1) is 19.4. The molecule has 1 unspecified atom stereocenters. The van der Waals surface area contributed by atoms with E-state index in [1.807, 2.05) is 17.9 Å². The summed E-state index contributed by atoms with van der Waals surface area (Å²) in [5.74, 6) is 0.863. The van der Waals surface area contributed by atoms with Crippen molar-refractivity contribution in [2.75, 3.05) is 13.1 Å². The maximum Gasteiger partial charge on any atom is 0.191 e. The van der Waals surface area contributed by atoms with Gasteiger partial charge in [0.15, 0.2) is 5.96 Å². The number of aryl methyl sites for hydroxylation is 3. The van der Waals surface area contributed by atoms with Crippen LogP contribution in [-0.2, 0) is 19.9 Å². The Kier molecular flexibility index (Phi) is 6.99. The normalized spacial score (nSPS) is 13.1. The molecule has 2 heterocycles. The van der Waals surface area contributed by atoms with E-state index >= 15 is 0 Å². The van der Waals surface area contributed by atoms with Crippen molar-refractivity contribution in [2.45, 2.75) is 53.5 Å². The van der Waals surface area contributed by atoms with Crippen LogP contribution >= 0.6 is 11.3 Å². The fourth-order valence-electron chi connectivity index (χ4n) is 2.80. The molecular formula is C18H30N6S. The van der Waals surface area contributed by atoms with Gasteiger partial charge in [0, 0.05) is 49.4 Å². The molecule has 0 saturated heterocycles. The van der Waals surface area contributed by atoms with Crippen LogP contribution in [0.25, 0.3) is 0 Å². The fourth-order valence-corrected chi connectivity index (χ4v) is 3.58. The van der Waals surface area contributed by atoms with Crippen molar-refractivity contribution < 1.29 is 0 Å². The third kappa shape index (κ3) is 5.56. The minimum absolute atomic E-state index is 0.279. The van der Waals surface area contributed by atoms with Gasteiger partial charge in [-0.1, -0.05) is 0 Å². The summed E-state index contributed by atoms with van der Waals surface area (Å²) in [5.41, 5.74) is 3.65. The maximum absolute atomic E-state index is 4.69. The van der Waals surface area contributed by atoms with Crippen molar-refractivity contribution in [1.29, 1.82) is 0 Å². The second kappa shape index (κ2) is 8.99. The Hall–Kier alpha value is -1.89. The summed E-state index contributed by atoms with van der Waals surface area (Å²) in [4.78, 5) is 10.3. The minimum atomic E-state index is 0.279. The summed E-state index contributed by atoms with van der Waals surface area (Å²) in [6.45, 7) is 12.1. The van der Waals surface area contributed by atoms with E-state index in [0.29, 0.717) is 0 Å². The lowest BCUT2D eigenvalue weighted by Gasteiger charge is -2.18. The molecule has 0 saturated carbocycles. The van der Waals surface area contributed by atoms with E-state index in [2.05, 4.69) is 60.3 Å². The highest BCUT2D eigenvalue weighted by Crippen LogP contribution is 2.14. The molecule has 0 aromatic carbocycles. The van der Waals surface area contributed by atoms with Gasteiger partial charge in [0.1, 0.15) is 0 Å².